The molecule has 1 heterocycles. The summed E-state index contributed by atoms with van der Waals surface area (Å²) in [6.45, 7) is 7.54. The van der Waals surface area contributed by atoms with E-state index in [-0.39, 0.29) is 12.4 Å². The molecule has 1 aromatic heterocycles. The summed E-state index contributed by atoms with van der Waals surface area (Å²) in [6, 6.07) is 7.23. The molecule has 0 atom stereocenters. The van der Waals surface area contributed by atoms with Crippen molar-refractivity contribution in [2.45, 2.75) is 27.7 Å². The van der Waals surface area contributed by atoms with Gasteiger partial charge in [-0.3, -0.25) is 4.79 Å². The van der Waals surface area contributed by atoms with Gasteiger partial charge in [-0.05, 0) is 24.6 Å². The van der Waals surface area contributed by atoms with Crippen LogP contribution in [0.4, 0.5) is 0 Å². The molecular weight excluding hydrogens is 332 g/mol. The van der Waals surface area contributed by atoms with Crippen molar-refractivity contribution in [3.05, 3.63) is 45.1 Å². The topological polar surface area (TPSA) is 43.4 Å². The third-order valence-electron chi connectivity index (χ3n) is 3.32. The molecular formula is C18H19ClO3S. The number of Topliss-reactive ketones (excluding diaryl/α,β-unsaturated/α-hetero) is 1. The second kappa shape index (κ2) is 6.85. The number of esters is 1. The molecule has 0 aliphatic carbocycles. The molecule has 2 aromatic rings. The maximum absolute atomic E-state index is 12.9. The normalized spacial score (nSPS) is 11.3. The first-order chi connectivity index (χ1) is 10.8. The van der Waals surface area contributed by atoms with Crippen molar-refractivity contribution in [1.29, 1.82) is 0 Å². The number of thiophene rings is 1. The van der Waals surface area contributed by atoms with E-state index >= 15 is 0 Å². The van der Waals surface area contributed by atoms with E-state index in [1.54, 1.807) is 19.1 Å². The average Bonchev–Trinajstić information content (AvgIpc) is 2.91. The lowest BCUT2D eigenvalue weighted by Crippen LogP contribution is -2.22. The molecule has 23 heavy (non-hydrogen) atoms. The second-order valence-electron chi connectivity index (χ2n) is 6.16. The number of hydrogen-bond acceptors (Lipinski definition) is 4. The molecule has 0 spiro atoms. The van der Waals surface area contributed by atoms with Crippen LogP contribution in [0.1, 0.15) is 47.7 Å². The van der Waals surface area contributed by atoms with Crippen molar-refractivity contribution < 1.29 is 14.3 Å². The quantitative estimate of drug-likeness (QED) is 0.542. The monoisotopic (exact) mass is 350 g/mol. The number of ketones is 1. The van der Waals surface area contributed by atoms with Gasteiger partial charge in [-0.25, -0.2) is 4.79 Å². The largest absolute Gasteiger partial charge is 0.462 e. The van der Waals surface area contributed by atoms with Gasteiger partial charge < -0.3 is 4.74 Å². The Kier molecular flexibility index (Phi) is 5.27. The minimum absolute atomic E-state index is 0.0771. The van der Waals surface area contributed by atoms with E-state index < -0.39 is 11.4 Å². The third-order valence-corrected chi connectivity index (χ3v) is 4.53. The Hall–Kier alpha value is -1.65. The van der Waals surface area contributed by atoms with Gasteiger partial charge in [-0.2, -0.15) is 0 Å². The van der Waals surface area contributed by atoms with Crippen LogP contribution in [0.3, 0.4) is 0 Å². The summed E-state index contributed by atoms with van der Waals surface area (Å²) in [5.74, 6) is -0.530. The molecule has 1 aromatic carbocycles. The minimum Gasteiger partial charge on any atom is -0.462 e. The first kappa shape index (κ1) is 17.7. The Balaban J connectivity index is 2.61. The second-order valence-corrected chi connectivity index (χ2v) is 7.48. The van der Waals surface area contributed by atoms with Crippen LogP contribution in [0, 0.1) is 5.41 Å². The van der Waals surface area contributed by atoms with Crippen LogP contribution >= 0.6 is 22.9 Å². The highest BCUT2D eigenvalue weighted by molar-refractivity contribution is 7.13. The summed E-state index contributed by atoms with van der Waals surface area (Å²) in [4.78, 5) is 25.5. The van der Waals surface area contributed by atoms with E-state index in [0.29, 0.717) is 15.5 Å². The Bertz CT molecular complexity index is 724. The van der Waals surface area contributed by atoms with E-state index in [1.807, 2.05) is 38.3 Å². The van der Waals surface area contributed by atoms with Crippen LogP contribution in [0.15, 0.2) is 29.6 Å². The molecule has 0 saturated heterocycles. The average molecular weight is 351 g/mol. The van der Waals surface area contributed by atoms with E-state index in [9.17, 15) is 9.59 Å². The van der Waals surface area contributed by atoms with Gasteiger partial charge in [0.15, 0.2) is 5.78 Å². The molecule has 0 aliphatic rings. The molecule has 0 N–H and O–H groups in total. The van der Waals surface area contributed by atoms with Gasteiger partial charge in [0, 0.05) is 21.4 Å². The van der Waals surface area contributed by atoms with Crippen LogP contribution in [0.5, 0.6) is 0 Å². The number of ether oxygens (including phenoxy) is 1. The van der Waals surface area contributed by atoms with E-state index in [2.05, 4.69) is 0 Å². The van der Waals surface area contributed by atoms with Crippen LogP contribution in [-0.4, -0.2) is 18.4 Å². The first-order valence-electron chi connectivity index (χ1n) is 7.35. The third kappa shape index (κ3) is 3.82. The maximum atomic E-state index is 12.9. The molecule has 0 unspecified atom stereocenters. The molecule has 0 saturated carbocycles. The van der Waals surface area contributed by atoms with Gasteiger partial charge in [0.1, 0.15) is 4.88 Å². The van der Waals surface area contributed by atoms with Gasteiger partial charge in [0.25, 0.3) is 0 Å². The van der Waals surface area contributed by atoms with Crippen LogP contribution in [0.2, 0.25) is 5.02 Å². The van der Waals surface area contributed by atoms with Crippen molar-refractivity contribution >= 4 is 34.7 Å². The van der Waals surface area contributed by atoms with Crippen LogP contribution in [-0.2, 0) is 4.74 Å². The van der Waals surface area contributed by atoms with Crippen molar-refractivity contribution in [2.24, 2.45) is 5.41 Å². The molecule has 0 amide bonds. The Morgan fingerprint density at radius 3 is 2.30 bits per heavy atom. The fourth-order valence-electron chi connectivity index (χ4n) is 2.15. The van der Waals surface area contributed by atoms with Crippen molar-refractivity contribution in [3.63, 3.8) is 0 Å². The summed E-state index contributed by atoms with van der Waals surface area (Å²) in [5.41, 5.74) is 1.44. The predicted octanol–water partition coefficient (Wildman–Crippen LogP) is 5.47. The van der Waals surface area contributed by atoms with E-state index in [0.717, 1.165) is 11.1 Å². The molecule has 122 valence electrons. The number of carbonyl (C=O) groups excluding carboxylic acids is 2. The Morgan fingerprint density at radius 2 is 1.78 bits per heavy atom. The summed E-state index contributed by atoms with van der Waals surface area (Å²) in [5, 5.41) is 2.45. The zero-order chi connectivity index (χ0) is 17.2. The van der Waals surface area contributed by atoms with Gasteiger partial charge >= 0.3 is 5.97 Å². The Labute approximate surface area is 145 Å². The molecule has 2 rings (SSSR count). The lowest BCUT2D eigenvalue weighted by atomic mass is 9.84. The van der Waals surface area contributed by atoms with Gasteiger partial charge in [-0.1, -0.05) is 44.5 Å². The van der Waals surface area contributed by atoms with Crippen molar-refractivity contribution in [1.82, 2.24) is 0 Å². The Morgan fingerprint density at radius 1 is 1.17 bits per heavy atom. The number of hydrogen-bond donors (Lipinski definition) is 0. The van der Waals surface area contributed by atoms with Crippen molar-refractivity contribution in [2.75, 3.05) is 6.61 Å². The lowest BCUT2D eigenvalue weighted by molar-refractivity contribution is 0.0527. The summed E-state index contributed by atoms with van der Waals surface area (Å²) in [6.07, 6.45) is 0. The highest BCUT2D eigenvalue weighted by Gasteiger charge is 2.32. The van der Waals surface area contributed by atoms with Gasteiger partial charge in [0.2, 0.25) is 0 Å². The summed E-state index contributed by atoms with van der Waals surface area (Å²) in [7, 11) is 0. The SMILES string of the molecule is CCOC(=O)c1scc(-c2ccc(Cl)cc2)c1C(=O)C(C)(C)C. The summed E-state index contributed by atoms with van der Waals surface area (Å²) < 4.78 is 5.10. The van der Waals surface area contributed by atoms with Gasteiger partial charge in [-0.15, -0.1) is 11.3 Å². The summed E-state index contributed by atoms with van der Waals surface area (Å²) >= 11 is 7.17. The van der Waals surface area contributed by atoms with E-state index in [1.165, 1.54) is 11.3 Å². The zero-order valence-electron chi connectivity index (χ0n) is 13.6. The smallest absolute Gasteiger partial charge is 0.349 e. The fourth-order valence-corrected chi connectivity index (χ4v) is 3.24. The van der Waals surface area contributed by atoms with Crippen LogP contribution in [0.25, 0.3) is 11.1 Å². The molecule has 0 fully saturated rings. The highest BCUT2D eigenvalue weighted by Crippen LogP contribution is 2.36. The lowest BCUT2D eigenvalue weighted by Gasteiger charge is -2.18. The first-order valence-corrected chi connectivity index (χ1v) is 8.60. The molecule has 0 bridgehead atoms. The van der Waals surface area contributed by atoms with Crippen molar-refractivity contribution in [3.8, 4) is 11.1 Å². The zero-order valence-corrected chi connectivity index (χ0v) is 15.2. The predicted molar refractivity (Wildman–Crippen MR) is 94.5 cm³/mol. The molecule has 0 aliphatic heterocycles. The van der Waals surface area contributed by atoms with Crippen LogP contribution < -0.4 is 0 Å². The number of benzene rings is 1. The number of rotatable bonds is 4. The molecule has 3 nitrogen and oxygen atoms in total. The minimum atomic E-state index is -0.594. The van der Waals surface area contributed by atoms with Gasteiger partial charge in [0.05, 0.1) is 12.2 Å². The number of carbonyl (C=O) groups is 2. The fraction of sp³-hybridized carbons (Fsp3) is 0.333. The number of halogens is 1. The maximum Gasteiger partial charge on any atom is 0.349 e. The van der Waals surface area contributed by atoms with E-state index in [4.69, 9.17) is 16.3 Å². The standard InChI is InChI=1S/C18H19ClO3S/c1-5-22-17(21)15-14(16(20)18(2,3)4)13(10-23-15)11-6-8-12(19)9-7-11/h6-10H,5H2,1-4H3. The highest BCUT2D eigenvalue weighted by atomic mass is 35.5. The molecule has 5 heteroatoms. The molecule has 0 radical (unpaired) electrons.